The molecule has 2 saturated carbocycles. The van der Waals surface area contributed by atoms with Crippen LogP contribution in [-0.2, 0) is 36.5 Å². The number of rotatable bonds is 19. The van der Waals surface area contributed by atoms with Crippen molar-refractivity contribution in [2.45, 2.75) is 121 Å². The normalized spacial score (nSPS) is 20.5. The molecule has 2 aliphatic carbocycles. The van der Waals surface area contributed by atoms with Gasteiger partial charge in [-0.15, -0.1) is 0 Å². The van der Waals surface area contributed by atoms with E-state index in [1.807, 2.05) is 105 Å². The first-order chi connectivity index (χ1) is 58.3. The third-order valence-corrected chi connectivity index (χ3v) is 22.4. The molecule has 4 aromatic heterocycles. The molecule has 122 heavy (non-hydrogen) atoms. The number of carbonyl (C=O) groups is 3. The van der Waals surface area contributed by atoms with E-state index in [0.29, 0.717) is 90.7 Å². The lowest BCUT2D eigenvalue weighted by molar-refractivity contribution is -0.130. The summed E-state index contributed by atoms with van der Waals surface area (Å²) in [4.78, 5) is 94.1. The van der Waals surface area contributed by atoms with E-state index >= 15 is 4.39 Å². The smallest absolute Gasteiger partial charge is 0.266 e. The van der Waals surface area contributed by atoms with Crippen LogP contribution in [0, 0.1) is 39.4 Å². The van der Waals surface area contributed by atoms with Crippen molar-refractivity contribution in [3.63, 3.8) is 0 Å². The number of likely N-dealkylation sites (N-methyl/N-ethyl adjacent to an activating group) is 4. The average molecular weight is 1650 g/mol. The van der Waals surface area contributed by atoms with Crippen molar-refractivity contribution in [3.05, 3.63) is 293 Å². The molecule has 11 aromatic rings. The van der Waals surface area contributed by atoms with Crippen LogP contribution >= 0.6 is 0 Å². The van der Waals surface area contributed by atoms with E-state index in [4.69, 9.17) is 47.9 Å². The van der Waals surface area contributed by atoms with Crippen LogP contribution in [0.1, 0.15) is 119 Å². The number of hydrogen-bond donors (Lipinski definition) is 5. The molecule has 0 spiro atoms. The predicted molar refractivity (Wildman–Crippen MR) is 459 cm³/mol. The highest BCUT2D eigenvalue weighted by atomic mass is 19.2. The Kier molecular flexibility index (Phi) is 23.3. The van der Waals surface area contributed by atoms with Crippen molar-refractivity contribution < 1.29 is 46.2 Å². The maximum absolute atomic E-state index is 15.3. The SMILES string of the molecule is C=C1N(C)C(N)=NC1(c1cccc(-c2cnc(C)nc2)c1)C1CC1.Cc1cc(C2(c3cc(-c4cncnc4)ccc3F)N=C(N)N(C)C2=O)ccc1OC(C)F.Cc1cc(C2(c3cccc(-c4cnc(N)nc4)c3)N=C(N)N(C)C2=O)ccc1OC(C)F.Cc1cc(C2(c3cccc(-c4cncc(C5CC5)c4)c3)N=C(N)N(C)C2=O)ccc1OC(C)F. The van der Waals surface area contributed by atoms with Crippen molar-refractivity contribution in [2.24, 2.45) is 48.8 Å². The summed E-state index contributed by atoms with van der Waals surface area (Å²) in [6, 6.07) is 45.2. The number of aromatic nitrogens is 7. The van der Waals surface area contributed by atoms with Crippen LogP contribution in [0.15, 0.2) is 240 Å². The molecule has 7 unspecified atom stereocenters. The summed E-state index contributed by atoms with van der Waals surface area (Å²) in [5.74, 6) is 2.18. The van der Waals surface area contributed by atoms with Crippen LogP contribution in [0.25, 0.3) is 44.5 Å². The fourth-order valence-corrected chi connectivity index (χ4v) is 15.6. The monoisotopic (exact) mass is 1650 g/mol. The van der Waals surface area contributed by atoms with Gasteiger partial charge in [0.15, 0.2) is 40.5 Å². The molecule has 624 valence electrons. The molecule has 7 atom stereocenters. The number of guanidine groups is 4. The lowest BCUT2D eigenvalue weighted by Gasteiger charge is -2.30. The largest absolute Gasteiger partial charge is 0.460 e. The van der Waals surface area contributed by atoms with Crippen LogP contribution in [0.2, 0.25) is 0 Å². The van der Waals surface area contributed by atoms with Crippen LogP contribution < -0.4 is 42.9 Å². The van der Waals surface area contributed by atoms with Crippen molar-refractivity contribution in [2.75, 3.05) is 33.9 Å². The fourth-order valence-electron chi connectivity index (χ4n) is 15.6. The Bertz CT molecular complexity index is 6010. The lowest BCUT2D eigenvalue weighted by atomic mass is 9.81. The van der Waals surface area contributed by atoms with Gasteiger partial charge in [0.1, 0.15) is 40.8 Å². The molecule has 7 aromatic carbocycles. The molecule has 8 heterocycles. The highest BCUT2D eigenvalue weighted by Crippen LogP contribution is 2.56. The Hall–Kier alpha value is -14.3. The summed E-state index contributed by atoms with van der Waals surface area (Å²) in [5.41, 5.74) is 40.0. The predicted octanol–water partition coefficient (Wildman–Crippen LogP) is 13.6. The van der Waals surface area contributed by atoms with E-state index in [2.05, 4.69) is 86.8 Å². The van der Waals surface area contributed by atoms with Gasteiger partial charge in [0.25, 0.3) is 17.7 Å². The van der Waals surface area contributed by atoms with Crippen LogP contribution in [0.5, 0.6) is 17.2 Å². The number of hydrogen-bond acceptors (Lipinski definition) is 23. The molecule has 10 N–H and O–H groups in total. The number of alkyl halides is 3. The Morgan fingerprint density at radius 2 is 0.795 bits per heavy atom. The van der Waals surface area contributed by atoms with Gasteiger partial charge in [0, 0.05) is 132 Å². The third-order valence-electron chi connectivity index (χ3n) is 22.4. The first-order valence-corrected chi connectivity index (χ1v) is 39.4. The topological polar surface area (TPSA) is 362 Å². The number of anilines is 1. The summed E-state index contributed by atoms with van der Waals surface area (Å²) < 4.78 is 71.0. The van der Waals surface area contributed by atoms with Crippen molar-refractivity contribution >= 4 is 47.5 Å². The van der Waals surface area contributed by atoms with Gasteiger partial charge in [-0.05, 0) is 216 Å². The highest BCUT2D eigenvalue weighted by molar-refractivity contribution is 6.11. The average Bonchev–Trinajstić information content (AvgIpc) is 1.57. The number of aryl methyl sites for hydroxylation is 4. The van der Waals surface area contributed by atoms with Gasteiger partial charge in [-0.3, -0.25) is 34.1 Å². The first-order valence-electron chi connectivity index (χ1n) is 39.4. The molecular formula is C92H92F4N20O6. The zero-order valence-electron chi connectivity index (χ0n) is 69.1. The number of nitrogens with two attached hydrogens (primary N) is 5. The van der Waals surface area contributed by atoms with Crippen LogP contribution in [-0.4, -0.2) is 143 Å². The van der Waals surface area contributed by atoms with Gasteiger partial charge in [-0.1, -0.05) is 85.4 Å². The number of amides is 3. The molecule has 0 bridgehead atoms. The summed E-state index contributed by atoms with van der Waals surface area (Å²) in [5, 5.41) is 0. The second kappa shape index (κ2) is 33.8. The maximum atomic E-state index is 15.3. The van der Waals surface area contributed by atoms with E-state index in [1.165, 1.54) is 79.4 Å². The molecule has 0 radical (unpaired) electrons. The molecular weight excluding hydrogens is 1560 g/mol. The minimum Gasteiger partial charge on any atom is -0.460 e. The van der Waals surface area contributed by atoms with Crippen molar-refractivity contribution in [1.29, 1.82) is 0 Å². The van der Waals surface area contributed by atoms with Gasteiger partial charge in [-0.25, -0.2) is 67.4 Å². The summed E-state index contributed by atoms with van der Waals surface area (Å²) in [6.45, 7) is 15.4. The molecule has 30 heteroatoms. The highest BCUT2D eigenvalue weighted by Gasteiger charge is 2.55. The van der Waals surface area contributed by atoms with Crippen molar-refractivity contribution in [1.82, 2.24) is 54.5 Å². The molecule has 6 aliphatic rings. The standard InChI is InChI=1S/C27H27FN4O2.C23H21F2N5O2.C23H23FN6O2.C19H21N5/c1-16-11-23(9-10-24(16)34-17(2)28)27(25(33)32(3)26(29)31-27)22-6-4-5-19(13-22)21-12-20(14-30-15-21)18-7-8-18;1-13-8-17(5-7-20(13)32-14(2)24)23(21(31)30(3)22(26)29-23)18-9-15(4-6-19(18)25)16-10-27-12-28-11-16;1-13-9-18(7-8-19(13)32-14(2)24)23(20(31)30(3)22(26)29-23)17-6-4-5-15(10-17)16-11-27-21(25)28-12-16;1-12-19(16-7-8-16,23-18(20)24(12)3)17-6-4-5-14(9-17)15-10-21-13(2)22-11-15/h4-6,9-15,17-18H,7-8H2,1-3H3,(H2,29,31);4-12,14H,1-3H3,(H2,26,29);4-12,14H,1-3H3,(H2,26,29)(H2,25,27,28);4-6,9-11,16H,1,7-8H2,2-3H3,(H2,20,23). The quantitative estimate of drug-likeness (QED) is 0.0469. The number of aliphatic imine (C=N–C) groups is 4. The second-order valence-corrected chi connectivity index (χ2v) is 30.8. The zero-order chi connectivity index (χ0) is 87.0. The molecule has 26 nitrogen and oxygen atoms in total. The fraction of sp³-hybridized carbons (Fsp3) is 0.261. The van der Waals surface area contributed by atoms with Gasteiger partial charge in [0.2, 0.25) is 25.0 Å². The van der Waals surface area contributed by atoms with Gasteiger partial charge in [-0.2, -0.15) is 0 Å². The van der Waals surface area contributed by atoms with E-state index in [-0.39, 0.29) is 41.2 Å². The van der Waals surface area contributed by atoms with E-state index in [0.717, 1.165) is 63.3 Å². The van der Waals surface area contributed by atoms with E-state index in [1.54, 1.807) is 107 Å². The molecule has 17 rings (SSSR count). The van der Waals surface area contributed by atoms with Crippen molar-refractivity contribution in [3.8, 4) is 61.8 Å². The Balaban J connectivity index is 0.000000134. The summed E-state index contributed by atoms with van der Waals surface area (Å²) in [6.07, 6.45) is 15.6. The molecule has 0 saturated heterocycles. The minimum atomic E-state index is -1.75. The number of carbonyl (C=O) groups excluding carboxylic acids is 3. The number of pyridine rings is 1. The number of nitrogens with zero attached hydrogens (tertiary/aromatic N) is 15. The molecule has 2 fully saturated rings. The minimum absolute atomic E-state index is 0.0306. The Morgan fingerprint density at radius 3 is 1.20 bits per heavy atom. The number of nitrogen functional groups attached to an aromatic ring is 1. The number of benzene rings is 7. The second-order valence-electron chi connectivity index (χ2n) is 30.8. The first kappa shape index (κ1) is 84.1. The number of halogens is 4. The van der Waals surface area contributed by atoms with Crippen LogP contribution in [0.3, 0.4) is 0 Å². The van der Waals surface area contributed by atoms with E-state index in [9.17, 15) is 27.6 Å². The lowest BCUT2D eigenvalue weighted by Crippen LogP contribution is -2.41. The molecule has 3 amide bonds. The maximum Gasteiger partial charge on any atom is 0.266 e. The molecule has 4 aliphatic heterocycles. The Labute approximate surface area is 703 Å². The van der Waals surface area contributed by atoms with Crippen LogP contribution in [0.4, 0.5) is 23.5 Å². The van der Waals surface area contributed by atoms with E-state index < -0.39 is 53.0 Å². The number of ether oxygens (including phenoxy) is 3. The summed E-state index contributed by atoms with van der Waals surface area (Å²) >= 11 is 0. The van der Waals surface area contributed by atoms with Gasteiger partial charge < -0.3 is 47.8 Å². The van der Waals surface area contributed by atoms with Gasteiger partial charge >= 0.3 is 0 Å². The third kappa shape index (κ3) is 16.2. The summed E-state index contributed by atoms with van der Waals surface area (Å²) in [7, 11) is 6.61. The Morgan fingerprint density at radius 1 is 0.410 bits per heavy atom. The van der Waals surface area contributed by atoms with Gasteiger partial charge in [0.05, 0.1) is 0 Å². The zero-order valence-corrected chi connectivity index (χ0v) is 69.1.